The average molecular weight is 1130 g/mol. The van der Waals surface area contributed by atoms with Crippen LogP contribution in [0.2, 0.25) is 0 Å². The van der Waals surface area contributed by atoms with Gasteiger partial charge >= 0.3 is 125 Å². The molecule has 0 rings (SSSR count). The van der Waals surface area contributed by atoms with Gasteiger partial charge in [-0.25, -0.2) is 4.79 Å². The summed E-state index contributed by atoms with van der Waals surface area (Å²) in [5.41, 5.74) is -0.946. The predicted molar refractivity (Wildman–Crippen MR) is 130 cm³/mol. The third-order valence-corrected chi connectivity index (χ3v) is 8.52. The second-order valence-corrected chi connectivity index (χ2v) is 13.2. The van der Waals surface area contributed by atoms with Crippen LogP contribution in [0.25, 0.3) is 0 Å². The lowest BCUT2D eigenvalue weighted by atomic mass is 9.81. The highest BCUT2D eigenvalue weighted by Gasteiger charge is 3.03. The van der Waals surface area contributed by atoms with Crippen molar-refractivity contribution in [1.82, 2.24) is 0 Å². The van der Waals surface area contributed by atoms with Gasteiger partial charge in [0.15, 0.2) is 0 Å². The summed E-state index contributed by atoms with van der Waals surface area (Å²) >= 11 is 0. The summed E-state index contributed by atoms with van der Waals surface area (Å²) in [5.74, 6) is -191. The molecule has 2 nitrogen and oxygen atoms in total. The lowest BCUT2D eigenvalue weighted by molar-refractivity contribution is -0.495. The number of ether oxygens (including phenoxy) is 1. The highest BCUT2D eigenvalue weighted by atomic mass is 19.4. The molecule has 0 aliphatic carbocycles. The van der Waals surface area contributed by atoms with Crippen LogP contribution in [0.5, 0.6) is 0 Å². The maximum atomic E-state index is 14.1. The van der Waals surface area contributed by atoms with Gasteiger partial charge in [0.2, 0.25) is 0 Å². The largest absolute Gasteiger partial charge is 0.462 e. The van der Waals surface area contributed by atoms with Crippen LogP contribution in [0.1, 0.15) is 13.3 Å². The van der Waals surface area contributed by atoms with Crippen molar-refractivity contribution in [2.24, 2.45) is 0 Å². The van der Waals surface area contributed by atoms with Gasteiger partial charge in [-0.2, -0.15) is 180 Å². The van der Waals surface area contributed by atoms with Crippen LogP contribution in [0.15, 0.2) is 12.2 Å². The molecule has 43 heteroatoms. The molecule has 0 aliphatic rings. The first-order valence-corrected chi connectivity index (χ1v) is 15.2. The van der Waals surface area contributed by atoms with Crippen LogP contribution in [0, 0.1) is 0 Å². The van der Waals surface area contributed by atoms with Gasteiger partial charge in [-0.1, -0.05) is 6.58 Å². The van der Waals surface area contributed by atoms with Crippen LogP contribution in [-0.2, 0) is 9.53 Å². The number of hydrogen-bond donors (Lipinski definition) is 0. The standard InChI is InChI=1S/C26H9F41O2/c1-5(2)6(68)69-4-3-7(27,28)8(29,30)9(31,32)10(33,34)11(35,36)12(37,38)13(39,40)14(41,42)15(43,44)16(45,46)17(47,48)18(49,50)19(51,52)20(53,54)21(55,56)22(57,58)23(59,60)24(61,62)25(63,64)26(65,66)67/h1,3-4H2,2H3. The number of rotatable bonds is 22. The number of esters is 1. The monoisotopic (exact) mass is 1130 g/mol. The molecule has 412 valence electrons. The summed E-state index contributed by atoms with van der Waals surface area (Å²) in [6.07, 6.45) is -12.0. The minimum Gasteiger partial charge on any atom is -0.462 e. The van der Waals surface area contributed by atoms with Crippen molar-refractivity contribution in [2.75, 3.05) is 6.61 Å². The van der Waals surface area contributed by atoms with Gasteiger partial charge < -0.3 is 4.74 Å². The van der Waals surface area contributed by atoms with E-state index in [0.29, 0.717) is 6.92 Å². The van der Waals surface area contributed by atoms with Crippen molar-refractivity contribution < 1.29 is 190 Å². The fraction of sp³-hybridized carbons (Fsp3) is 0.885. The molecule has 0 unspecified atom stereocenters. The van der Waals surface area contributed by atoms with E-state index >= 15 is 0 Å². The number of alkyl halides is 41. The van der Waals surface area contributed by atoms with E-state index in [4.69, 9.17) is 0 Å². The average Bonchev–Trinajstić information content (AvgIpc) is 3.12. The van der Waals surface area contributed by atoms with E-state index in [1.807, 2.05) is 0 Å². The highest BCUT2D eigenvalue weighted by Crippen LogP contribution is 2.71. The molecule has 0 heterocycles. The predicted octanol–water partition coefficient (Wildman–Crippen LogP) is 14.1. The Labute approximate surface area is 347 Å². The van der Waals surface area contributed by atoms with E-state index in [0.717, 1.165) is 0 Å². The van der Waals surface area contributed by atoms with E-state index in [1.54, 1.807) is 0 Å². The molecule has 0 fully saturated rings. The third-order valence-electron chi connectivity index (χ3n) is 8.52. The molecule has 0 aromatic rings. The summed E-state index contributed by atoms with van der Waals surface area (Å²) in [6.45, 7) is 0.681. The maximum Gasteiger partial charge on any atom is 0.460 e. The minimum atomic E-state index is -10.6. The van der Waals surface area contributed by atoms with Gasteiger partial charge in [0.25, 0.3) is 0 Å². The first kappa shape index (κ1) is 65.3. The van der Waals surface area contributed by atoms with Crippen molar-refractivity contribution >= 4 is 5.97 Å². The molecule has 0 radical (unpaired) electrons. The lowest BCUT2D eigenvalue weighted by Gasteiger charge is -2.47. The molecular formula is C26H9F41O2. The molecule has 0 saturated heterocycles. The van der Waals surface area contributed by atoms with Crippen molar-refractivity contribution in [2.45, 2.75) is 132 Å². The van der Waals surface area contributed by atoms with E-state index in [9.17, 15) is 185 Å². The molecule has 0 aromatic heterocycles. The molecule has 0 saturated carbocycles. The SMILES string of the molecule is C=C(C)C(=O)OCCC(F)(F)C(F)(F)C(F)(F)C(F)(F)C(F)(F)C(F)(F)C(F)(F)C(F)(F)C(F)(F)C(F)(F)C(F)(F)C(F)(F)C(F)(F)C(F)(F)C(F)(F)C(F)(F)C(F)(F)C(F)(F)C(F)(F)C(F)(F)F. The number of halogens is 41. The molecule has 0 aliphatic heterocycles. The molecule has 0 amide bonds. The van der Waals surface area contributed by atoms with Gasteiger partial charge in [0.1, 0.15) is 0 Å². The zero-order valence-corrected chi connectivity index (χ0v) is 30.4. The van der Waals surface area contributed by atoms with Crippen LogP contribution in [-0.4, -0.2) is 131 Å². The summed E-state index contributed by atoms with van der Waals surface area (Å²) < 4.78 is 567. The minimum absolute atomic E-state index is 0.554. The number of carbonyl (C=O) groups is 1. The molecule has 0 N–H and O–H groups in total. The topological polar surface area (TPSA) is 26.3 Å². The Morgan fingerprint density at radius 3 is 0.580 bits per heavy atom. The van der Waals surface area contributed by atoms with Crippen molar-refractivity contribution in [1.29, 1.82) is 0 Å². The van der Waals surface area contributed by atoms with Crippen molar-refractivity contribution in [3.63, 3.8) is 0 Å². The normalized spacial score (nSPS) is 16.8. The number of carbonyl (C=O) groups excluding carboxylic acids is 1. The Kier molecular flexibility index (Phi) is 15.6. The van der Waals surface area contributed by atoms with Crippen molar-refractivity contribution in [3.8, 4) is 0 Å². The second kappa shape index (κ2) is 16.4. The fourth-order valence-corrected chi connectivity index (χ4v) is 4.11. The van der Waals surface area contributed by atoms with Gasteiger partial charge in [-0.05, 0) is 6.92 Å². The zero-order chi connectivity index (χ0) is 57.3. The van der Waals surface area contributed by atoms with Crippen LogP contribution >= 0.6 is 0 Å². The molecule has 69 heavy (non-hydrogen) atoms. The maximum absolute atomic E-state index is 14.1. The summed E-state index contributed by atoms with van der Waals surface area (Å²) in [5, 5.41) is 0. The Hall–Kier alpha value is -3.66. The first-order valence-electron chi connectivity index (χ1n) is 15.2. The van der Waals surface area contributed by atoms with E-state index in [1.165, 1.54) is 0 Å². The van der Waals surface area contributed by atoms with E-state index in [2.05, 4.69) is 11.3 Å². The first-order chi connectivity index (χ1) is 29.1. The Morgan fingerprint density at radius 1 is 0.290 bits per heavy atom. The summed E-state index contributed by atoms with van der Waals surface area (Å²) in [6, 6.07) is 0. The second-order valence-electron chi connectivity index (χ2n) is 13.2. The molecule has 0 aromatic carbocycles. The van der Waals surface area contributed by atoms with Gasteiger partial charge in [0, 0.05) is 5.57 Å². The smallest absolute Gasteiger partial charge is 0.460 e. The molecule has 0 spiro atoms. The summed E-state index contributed by atoms with van der Waals surface area (Å²) in [4.78, 5) is 11.0. The molecule has 0 bridgehead atoms. The molecule has 0 atom stereocenters. The fourth-order valence-electron chi connectivity index (χ4n) is 4.11. The Morgan fingerprint density at radius 2 is 0.435 bits per heavy atom. The quantitative estimate of drug-likeness (QED) is 0.0613. The van der Waals surface area contributed by atoms with Crippen LogP contribution in [0.4, 0.5) is 180 Å². The van der Waals surface area contributed by atoms with Crippen LogP contribution < -0.4 is 0 Å². The third kappa shape index (κ3) is 7.86. The Bertz CT molecular complexity index is 1890. The van der Waals surface area contributed by atoms with Gasteiger partial charge in [-0.15, -0.1) is 0 Å². The van der Waals surface area contributed by atoms with Crippen molar-refractivity contribution in [3.05, 3.63) is 12.2 Å². The lowest BCUT2D eigenvalue weighted by Crippen LogP contribution is -2.80. The Balaban J connectivity index is 7.88. The van der Waals surface area contributed by atoms with Gasteiger partial charge in [0.05, 0.1) is 13.0 Å². The van der Waals surface area contributed by atoms with Crippen LogP contribution in [0.3, 0.4) is 0 Å². The summed E-state index contributed by atoms with van der Waals surface area (Å²) in [7, 11) is 0. The highest BCUT2D eigenvalue weighted by molar-refractivity contribution is 5.86. The van der Waals surface area contributed by atoms with E-state index < -0.39 is 143 Å². The number of hydrogen-bond acceptors (Lipinski definition) is 2. The van der Waals surface area contributed by atoms with E-state index in [-0.39, 0.29) is 0 Å². The zero-order valence-electron chi connectivity index (χ0n) is 30.4. The molecular weight excluding hydrogens is 1120 g/mol. The van der Waals surface area contributed by atoms with Gasteiger partial charge in [-0.3, -0.25) is 0 Å².